The molecule has 0 spiro atoms. The summed E-state index contributed by atoms with van der Waals surface area (Å²) >= 11 is 0. The Morgan fingerprint density at radius 1 is 0.831 bits per heavy atom. The third-order valence-corrected chi connectivity index (χ3v) is 9.69. The molecule has 316 valence electrons. The number of benzene rings is 3. The molecule has 4 aromatic rings. The molecule has 0 radical (unpaired) electrons. The highest BCUT2D eigenvalue weighted by Gasteiger charge is 2.38. The fourth-order valence-electron chi connectivity index (χ4n) is 6.72. The highest BCUT2D eigenvalue weighted by atomic mass is 19.1. The molecule has 1 aromatic heterocycles. The Morgan fingerprint density at radius 2 is 1.46 bits per heavy atom. The number of alkyl carbamates (subject to hydrolysis) is 1. The first-order chi connectivity index (χ1) is 27.9. The lowest BCUT2D eigenvalue weighted by atomic mass is 9.82. The number of rotatable bonds is 18. The Bertz CT molecular complexity index is 2070. The molecule has 15 heteroatoms. The number of carbonyl (C=O) groups excluding carboxylic acids is 4. The number of carbonyl (C=O) groups is 5. The van der Waals surface area contributed by atoms with Crippen molar-refractivity contribution in [1.29, 1.82) is 0 Å². The zero-order valence-electron chi connectivity index (χ0n) is 34.1. The van der Waals surface area contributed by atoms with Crippen LogP contribution in [0.15, 0.2) is 91.1 Å². The van der Waals surface area contributed by atoms with Crippen molar-refractivity contribution in [3.05, 3.63) is 120 Å². The molecule has 0 saturated carbocycles. The predicted molar refractivity (Wildman–Crippen MR) is 216 cm³/mol. The third-order valence-electron chi connectivity index (χ3n) is 9.69. The normalized spacial score (nSPS) is 13.5. The van der Waals surface area contributed by atoms with Crippen LogP contribution in [0.2, 0.25) is 0 Å². The number of aliphatic hydroxyl groups excluding tert-OH is 1. The number of aromatic nitrogens is 1. The second-order valence-electron chi connectivity index (χ2n) is 15.8. The van der Waals surface area contributed by atoms with Crippen LogP contribution in [-0.2, 0) is 37.1 Å². The molecule has 1 heterocycles. The number of amides is 4. The molecule has 5 N–H and O–H groups in total. The van der Waals surface area contributed by atoms with Crippen LogP contribution in [0.1, 0.15) is 70.8 Å². The number of aliphatic hydroxyl groups is 1. The predicted octanol–water partition coefficient (Wildman–Crippen LogP) is 5.80. The zero-order chi connectivity index (χ0) is 43.4. The van der Waals surface area contributed by atoms with Crippen LogP contribution in [0.4, 0.5) is 13.6 Å². The number of ether oxygens (including phenoxy) is 1. The summed E-state index contributed by atoms with van der Waals surface area (Å²) in [5.74, 6) is -5.41. The van der Waals surface area contributed by atoms with Crippen LogP contribution in [0.3, 0.4) is 0 Å². The van der Waals surface area contributed by atoms with E-state index in [0.29, 0.717) is 11.3 Å². The number of halogens is 2. The topological polar surface area (TPSA) is 179 Å². The molecule has 0 unspecified atom stereocenters. The first kappa shape index (κ1) is 45.6. The van der Waals surface area contributed by atoms with Gasteiger partial charge in [-0.1, -0.05) is 95.3 Å². The maximum absolute atomic E-state index is 15.1. The summed E-state index contributed by atoms with van der Waals surface area (Å²) in [6, 6.07) is 18.3. The van der Waals surface area contributed by atoms with E-state index in [0.717, 1.165) is 29.3 Å². The van der Waals surface area contributed by atoms with E-state index in [1.165, 1.54) is 11.8 Å². The highest BCUT2D eigenvalue weighted by Crippen LogP contribution is 2.41. The minimum absolute atomic E-state index is 0.000826. The molecule has 0 aliphatic carbocycles. The van der Waals surface area contributed by atoms with Gasteiger partial charge < -0.3 is 40.4 Å². The Kier molecular flexibility index (Phi) is 15.9. The summed E-state index contributed by atoms with van der Waals surface area (Å²) in [5.41, 5.74) is 1.69. The van der Waals surface area contributed by atoms with Gasteiger partial charge in [-0.25, -0.2) is 18.4 Å². The fraction of sp³-hybridized carbons (Fsp3) is 0.386. The molecule has 0 bridgehead atoms. The Morgan fingerprint density at radius 3 is 2.03 bits per heavy atom. The minimum Gasteiger partial charge on any atom is -0.480 e. The van der Waals surface area contributed by atoms with Gasteiger partial charge in [-0.2, -0.15) is 0 Å². The van der Waals surface area contributed by atoms with Gasteiger partial charge in [0.05, 0.1) is 6.04 Å². The molecule has 0 aliphatic heterocycles. The van der Waals surface area contributed by atoms with Crippen molar-refractivity contribution in [1.82, 2.24) is 25.4 Å². The molecule has 13 nitrogen and oxygen atoms in total. The summed E-state index contributed by atoms with van der Waals surface area (Å²) in [5, 5.41) is 27.8. The van der Waals surface area contributed by atoms with Crippen LogP contribution in [0, 0.1) is 23.0 Å². The number of carboxylic acid groups (broad SMARTS) is 1. The van der Waals surface area contributed by atoms with Crippen LogP contribution in [-0.4, -0.2) is 80.7 Å². The number of aliphatic carboxylic acids is 1. The van der Waals surface area contributed by atoms with Crippen LogP contribution in [0.25, 0.3) is 11.1 Å². The number of hydrogen-bond acceptors (Lipinski definition) is 7. The molecular formula is C44H53F2N5O8. The SMILES string of the molecule is CC(C)[C@H](NC(=O)OCc1ccccc1)C(=O)N[C@@H](C)C(=O)N[C@@H](CCN(C(=O)CO)[C@@H](c1cc(-c2cc(F)ccc2F)cn1Cc1ccccc1)C(C)(C)C)C(=O)O. The second-order valence-corrected chi connectivity index (χ2v) is 15.8. The van der Waals surface area contributed by atoms with E-state index >= 15 is 4.39 Å². The smallest absolute Gasteiger partial charge is 0.408 e. The molecule has 0 fully saturated rings. The van der Waals surface area contributed by atoms with Crippen LogP contribution >= 0.6 is 0 Å². The van der Waals surface area contributed by atoms with Gasteiger partial charge in [0.1, 0.15) is 43.0 Å². The van der Waals surface area contributed by atoms with Crippen molar-refractivity contribution < 1.29 is 47.7 Å². The first-order valence-corrected chi connectivity index (χ1v) is 19.3. The monoisotopic (exact) mass is 817 g/mol. The van der Waals surface area contributed by atoms with Gasteiger partial charge in [0.2, 0.25) is 17.7 Å². The van der Waals surface area contributed by atoms with Crippen LogP contribution in [0.5, 0.6) is 0 Å². The van der Waals surface area contributed by atoms with Gasteiger partial charge >= 0.3 is 12.1 Å². The average molecular weight is 818 g/mol. The molecule has 0 aliphatic rings. The summed E-state index contributed by atoms with van der Waals surface area (Å²) in [7, 11) is 0. The van der Waals surface area contributed by atoms with Gasteiger partial charge in [-0.05, 0) is 60.1 Å². The van der Waals surface area contributed by atoms with E-state index in [4.69, 9.17) is 4.74 Å². The molecular weight excluding hydrogens is 765 g/mol. The van der Waals surface area contributed by atoms with E-state index in [1.807, 2.05) is 61.7 Å². The van der Waals surface area contributed by atoms with Gasteiger partial charge in [0, 0.05) is 36.1 Å². The Balaban J connectivity index is 1.54. The first-order valence-electron chi connectivity index (χ1n) is 19.3. The fourth-order valence-corrected chi connectivity index (χ4v) is 6.72. The summed E-state index contributed by atoms with van der Waals surface area (Å²) in [6.45, 7) is 9.35. The van der Waals surface area contributed by atoms with Crippen LogP contribution < -0.4 is 16.0 Å². The summed E-state index contributed by atoms with van der Waals surface area (Å²) in [4.78, 5) is 66.6. The van der Waals surface area contributed by atoms with E-state index in [2.05, 4.69) is 16.0 Å². The molecule has 0 saturated heterocycles. The lowest BCUT2D eigenvalue weighted by Crippen LogP contribution is -2.56. The number of nitrogens with zero attached hydrogens (tertiary/aromatic N) is 2. The Hall–Kier alpha value is -6.09. The lowest BCUT2D eigenvalue weighted by Gasteiger charge is -2.41. The standard InChI is InChI=1S/C44H53F2N5O8/c1-27(2)38(49-43(58)59-26-30-15-11-8-12-16-30)41(55)47-28(3)40(54)48-35(42(56)57)19-20-51(37(53)25-52)39(44(4,5)6)36-21-31(33-22-32(45)17-18-34(33)46)24-50(36)23-29-13-9-7-10-14-29/h7-18,21-22,24,27-28,35,38-39,52H,19-20,23,25-26H2,1-6H3,(H,47,55)(H,48,54)(H,49,58)(H,56,57)/t28-,35-,38-,39-/m0/s1. The van der Waals surface area contributed by atoms with E-state index in [9.17, 15) is 38.6 Å². The zero-order valence-corrected chi connectivity index (χ0v) is 34.1. The maximum Gasteiger partial charge on any atom is 0.408 e. The van der Waals surface area contributed by atoms with Crippen molar-refractivity contribution >= 4 is 29.8 Å². The highest BCUT2D eigenvalue weighted by molar-refractivity contribution is 5.92. The minimum atomic E-state index is -1.54. The lowest BCUT2D eigenvalue weighted by molar-refractivity contribution is -0.144. The number of hydrogen-bond donors (Lipinski definition) is 5. The van der Waals surface area contributed by atoms with E-state index < -0.39 is 83.5 Å². The van der Waals surface area contributed by atoms with Gasteiger partial charge in [0.15, 0.2) is 0 Å². The average Bonchev–Trinajstić information content (AvgIpc) is 3.59. The largest absolute Gasteiger partial charge is 0.480 e. The second kappa shape index (κ2) is 20.6. The van der Waals surface area contributed by atoms with Crippen molar-refractivity contribution in [3.8, 4) is 11.1 Å². The van der Waals surface area contributed by atoms with Crippen molar-refractivity contribution in [2.75, 3.05) is 13.2 Å². The van der Waals surface area contributed by atoms with Crippen molar-refractivity contribution in [3.63, 3.8) is 0 Å². The number of carboxylic acids is 1. The van der Waals surface area contributed by atoms with Crippen molar-refractivity contribution in [2.24, 2.45) is 11.3 Å². The third kappa shape index (κ3) is 12.7. The molecule has 4 amide bonds. The van der Waals surface area contributed by atoms with Gasteiger partial charge in [0.25, 0.3) is 0 Å². The molecule has 4 rings (SSSR count). The van der Waals surface area contributed by atoms with E-state index in [1.54, 1.807) is 50.4 Å². The Labute approximate surface area is 342 Å². The maximum atomic E-state index is 15.1. The van der Waals surface area contributed by atoms with E-state index in [-0.39, 0.29) is 31.7 Å². The molecule has 59 heavy (non-hydrogen) atoms. The summed E-state index contributed by atoms with van der Waals surface area (Å²) in [6.07, 6.45) is 0.503. The number of nitrogens with one attached hydrogen (secondary N) is 3. The van der Waals surface area contributed by atoms with Gasteiger partial charge in [-0.15, -0.1) is 0 Å². The molecule has 3 aromatic carbocycles. The molecule has 4 atom stereocenters. The van der Waals surface area contributed by atoms with Gasteiger partial charge in [-0.3, -0.25) is 14.4 Å². The quantitative estimate of drug-likeness (QED) is 0.0836. The summed E-state index contributed by atoms with van der Waals surface area (Å²) < 4.78 is 36.5. The van der Waals surface area contributed by atoms with Crippen molar-refractivity contribution in [2.45, 2.75) is 85.3 Å².